The molecule has 0 fully saturated rings. The first kappa shape index (κ1) is 9.30. The van der Waals surface area contributed by atoms with Crippen LogP contribution < -0.4 is 5.32 Å². The lowest BCUT2D eigenvalue weighted by molar-refractivity contribution is -0.121. The van der Waals surface area contributed by atoms with E-state index in [1.165, 1.54) is 0 Å². The Balaban J connectivity index is 3.74. The van der Waals surface area contributed by atoms with Crippen LogP contribution in [0.25, 0.3) is 0 Å². The number of halogens is 3. The summed E-state index contributed by atoms with van der Waals surface area (Å²) in [6.07, 6.45) is 0. The van der Waals surface area contributed by atoms with E-state index in [1.807, 2.05) is 5.32 Å². The number of hydrogen-bond donors (Lipinski definition) is 2. The molecule has 0 saturated heterocycles. The number of carbonyl (C=O) groups is 1. The third kappa shape index (κ3) is 3.81. The molecule has 1 amide bonds. The fourth-order valence-corrected chi connectivity index (χ4v) is 0.372. The highest BCUT2D eigenvalue weighted by Crippen LogP contribution is 2.25. The molecule has 0 aliphatic heterocycles. The number of carbonyl (C=O) groups excluding carboxylic acids is 1. The Labute approximate surface area is 66.9 Å². The Bertz CT molecular complexity index is 110. The predicted octanol–water partition coefficient (Wildman–Crippen LogP) is 0.423. The Kier molecular flexibility index (Phi) is 3.58. The molecule has 0 bridgehead atoms. The second kappa shape index (κ2) is 3.46. The zero-order chi connectivity index (χ0) is 7.49. The van der Waals surface area contributed by atoms with Crippen LogP contribution in [0.4, 0.5) is 0 Å². The van der Waals surface area contributed by atoms with Crippen molar-refractivity contribution in [3.05, 3.63) is 0 Å². The van der Waals surface area contributed by atoms with Gasteiger partial charge in [0.05, 0.1) is 0 Å². The second-order valence-electron chi connectivity index (χ2n) is 1.16. The van der Waals surface area contributed by atoms with Crippen molar-refractivity contribution >= 4 is 40.7 Å². The predicted molar refractivity (Wildman–Crippen MR) is 35.5 cm³/mol. The molecule has 2 N–H and O–H groups in total. The van der Waals surface area contributed by atoms with Crippen molar-refractivity contribution in [2.45, 2.75) is 3.79 Å². The van der Waals surface area contributed by atoms with Crippen LogP contribution in [0.5, 0.6) is 0 Å². The van der Waals surface area contributed by atoms with Crippen molar-refractivity contribution < 1.29 is 9.90 Å². The molecule has 6 heteroatoms. The smallest absolute Gasteiger partial charge is 0.273 e. The summed E-state index contributed by atoms with van der Waals surface area (Å²) in [5, 5.41) is 10.00. The monoisotopic (exact) mass is 191 g/mol. The summed E-state index contributed by atoms with van der Waals surface area (Å²) >= 11 is 15.2. The molecule has 0 rings (SSSR count). The molecule has 9 heavy (non-hydrogen) atoms. The Hall–Kier alpha value is 0.300. The van der Waals surface area contributed by atoms with E-state index in [-0.39, 0.29) is 0 Å². The van der Waals surface area contributed by atoms with Gasteiger partial charge in [0, 0.05) is 0 Å². The van der Waals surface area contributed by atoms with Crippen LogP contribution in [0.2, 0.25) is 0 Å². The molecule has 3 nitrogen and oxygen atoms in total. The average molecular weight is 192 g/mol. The van der Waals surface area contributed by atoms with Crippen molar-refractivity contribution in [3.63, 3.8) is 0 Å². The summed E-state index contributed by atoms with van der Waals surface area (Å²) in [4.78, 5) is 10.4. The first-order valence-corrected chi connectivity index (χ1v) is 3.07. The molecular weight excluding hydrogens is 188 g/mol. The summed E-state index contributed by atoms with van der Waals surface area (Å²) in [5.74, 6) is -0.838. The minimum absolute atomic E-state index is 0.535. The van der Waals surface area contributed by atoms with Gasteiger partial charge in [-0.25, -0.2) is 0 Å². The summed E-state index contributed by atoms with van der Waals surface area (Å²) in [6, 6.07) is 0. The Morgan fingerprint density at radius 3 is 2.11 bits per heavy atom. The van der Waals surface area contributed by atoms with Crippen molar-refractivity contribution in [1.82, 2.24) is 5.32 Å². The van der Waals surface area contributed by atoms with Gasteiger partial charge in [-0.15, -0.1) is 0 Å². The molecule has 0 unspecified atom stereocenters. The van der Waals surface area contributed by atoms with E-state index in [0.717, 1.165) is 0 Å². The maximum atomic E-state index is 10.4. The van der Waals surface area contributed by atoms with Crippen LogP contribution in [0.1, 0.15) is 0 Å². The van der Waals surface area contributed by atoms with E-state index in [1.54, 1.807) is 0 Å². The second-order valence-corrected chi connectivity index (χ2v) is 3.44. The molecule has 0 heterocycles. The third-order valence-corrected chi connectivity index (χ3v) is 1.01. The topological polar surface area (TPSA) is 49.3 Å². The zero-order valence-electron chi connectivity index (χ0n) is 4.20. The molecule has 0 radical (unpaired) electrons. The number of hydrogen-bond acceptors (Lipinski definition) is 2. The molecule has 54 valence electrons. The van der Waals surface area contributed by atoms with E-state index in [9.17, 15) is 4.79 Å². The number of rotatable bonds is 1. The Morgan fingerprint density at radius 1 is 1.56 bits per heavy atom. The number of aliphatic hydroxyl groups is 1. The minimum Gasteiger partial charge on any atom is -0.376 e. The number of amides is 1. The first-order chi connectivity index (χ1) is 3.98. The van der Waals surface area contributed by atoms with Gasteiger partial charge < -0.3 is 10.4 Å². The third-order valence-electron chi connectivity index (χ3n) is 0.497. The molecule has 0 atom stereocenters. The van der Waals surface area contributed by atoms with E-state index in [0.29, 0.717) is 0 Å². The Morgan fingerprint density at radius 2 is 2.00 bits per heavy atom. The van der Waals surface area contributed by atoms with Crippen LogP contribution in [-0.2, 0) is 4.79 Å². The van der Waals surface area contributed by atoms with E-state index >= 15 is 0 Å². The van der Waals surface area contributed by atoms with Crippen molar-refractivity contribution in [3.8, 4) is 0 Å². The molecule has 0 spiro atoms. The SMILES string of the molecule is O=C(NCO)C(Cl)(Cl)Cl. The van der Waals surface area contributed by atoms with Gasteiger partial charge >= 0.3 is 0 Å². The lowest BCUT2D eigenvalue weighted by atomic mass is 10.7. The maximum Gasteiger partial charge on any atom is 0.273 e. The molecule has 0 aliphatic carbocycles. The van der Waals surface area contributed by atoms with Gasteiger partial charge in [0.1, 0.15) is 6.73 Å². The van der Waals surface area contributed by atoms with Crippen molar-refractivity contribution in [2.24, 2.45) is 0 Å². The van der Waals surface area contributed by atoms with Gasteiger partial charge in [-0.1, -0.05) is 34.8 Å². The normalized spacial score (nSPS) is 11.1. The van der Waals surface area contributed by atoms with Gasteiger partial charge in [-0.3, -0.25) is 4.79 Å². The quantitative estimate of drug-likeness (QED) is 0.467. The molecular formula is C3H4Cl3NO2. The van der Waals surface area contributed by atoms with Crippen LogP contribution >= 0.6 is 34.8 Å². The fraction of sp³-hybridized carbons (Fsp3) is 0.667. The molecule has 0 aromatic carbocycles. The van der Waals surface area contributed by atoms with Crippen LogP contribution in [0.3, 0.4) is 0 Å². The van der Waals surface area contributed by atoms with Gasteiger partial charge in [0.25, 0.3) is 9.70 Å². The van der Waals surface area contributed by atoms with Crippen LogP contribution in [-0.4, -0.2) is 21.5 Å². The highest BCUT2D eigenvalue weighted by molar-refractivity contribution is 6.76. The van der Waals surface area contributed by atoms with Gasteiger partial charge in [0.2, 0.25) is 0 Å². The van der Waals surface area contributed by atoms with Gasteiger partial charge in [-0.05, 0) is 0 Å². The molecule has 0 aromatic rings. The lowest BCUT2D eigenvalue weighted by Gasteiger charge is -2.07. The van der Waals surface area contributed by atoms with Crippen molar-refractivity contribution in [1.29, 1.82) is 0 Å². The molecule has 0 saturated carbocycles. The highest BCUT2D eigenvalue weighted by atomic mass is 35.6. The van der Waals surface area contributed by atoms with Crippen molar-refractivity contribution in [2.75, 3.05) is 6.73 Å². The first-order valence-electron chi connectivity index (χ1n) is 1.94. The van der Waals surface area contributed by atoms with Crippen LogP contribution in [0, 0.1) is 0 Å². The van der Waals surface area contributed by atoms with E-state index in [4.69, 9.17) is 39.9 Å². The molecule has 0 aliphatic rings. The highest BCUT2D eigenvalue weighted by Gasteiger charge is 2.29. The van der Waals surface area contributed by atoms with Crippen LogP contribution in [0.15, 0.2) is 0 Å². The summed E-state index contributed by atoms with van der Waals surface area (Å²) in [5.41, 5.74) is 0. The number of aliphatic hydroxyl groups excluding tert-OH is 1. The number of alkyl halides is 3. The maximum absolute atomic E-state index is 10.4. The van der Waals surface area contributed by atoms with E-state index < -0.39 is 16.4 Å². The largest absolute Gasteiger partial charge is 0.376 e. The van der Waals surface area contributed by atoms with E-state index in [2.05, 4.69) is 0 Å². The summed E-state index contributed by atoms with van der Waals surface area (Å²) in [7, 11) is 0. The fourth-order valence-electron chi connectivity index (χ4n) is 0.172. The lowest BCUT2D eigenvalue weighted by Crippen LogP contribution is -2.34. The van der Waals surface area contributed by atoms with Gasteiger partial charge in [-0.2, -0.15) is 0 Å². The summed E-state index contributed by atoms with van der Waals surface area (Å²) < 4.78 is -1.98. The zero-order valence-corrected chi connectivity index (χ0v) is 6.46. The standard InChI is InChI=1S/C3H4Cl3NO2/c4-3(5,6)2(9)7-1-8/h8H,1H2,(H,7,9). The van der Waals surface area contributed by atoms with Gasteiger partial charge in [0.15, 0.2) is 0 Å². The summed E-state index contributed by atoms with van der Waals surface area (Å²) in [6.45, 7) is -0.535. The number of nitrogens with one attached hydrogen (secondary N) is 1. The molecule has 0 aromatic heterocycles. The minimum atomic E-state index is -1.98. The average Bonchev–Trinajstić information content (AvgIpc) is 1.64.